The van der Waals surface area contributed by atoms with E-state index in [0.29, 0.717) is 12.2 Å². The molecule has 0 aromatic heterocycles. The Morgan fingerprint density at radius 3 is 2.86 bits per heavy atom. The summed E-state index contributed by atoms with van der Waals surface area (Å²) < 4.78 is 42.6. The van der Waals surface area contributed by atoms with Crippen molar-refractivity contribution >= 4 is 6.09 Å². The maximum absolute atomic E-state index is 13.4. The first-order valence-corrected chi connectivity index (χ1v) is 7.29. The molecule has 3 unspecified atom stereocenters. The van der Waals surface area contributed by atoms with Gasteiger partial charge in [0.2, 0.25) is 0 Å². The molecule has 2 saturated heterocycles. The van der Waals surface area contributed by atoms with Gasteiger partial charge in [0.25, 0.3) is 0 Å². The highest BCUT2D eigenvalue weighted by Crippen LogP contribution is 2.27. The van der Waals surface area contributed by atoms with Crippen LogP contribution in [0.1, 0.15) is 30.9 Å². The van der Waals surface area contributed by atoms with Crippen LogP contribution in [0.25, 0.3) is 0 Å². The summed E-state index contributed by atoms with van der Waals surface area (Å²) in [5, 5.41) is 2.58. The van der Waals surface area contributed by atoms with E-state index in [9.17, 15) is 13.6 Å². The average Bonchev–Trinajstić information content (AvgIpc) is 2.90. The van der Waals surface area contributed by atoms with Gasteiger partial charge in [-0.3, -0.25) is 0 Å². The number of halogens is 2. The van der Waals surface area contributed by atoms with Gasteiger partial charge in [0.1, 0.15) is 0 Å². The summed E-state index contributed by atoms with van der Waals surface area (Å²) >= 11 is 0. The number of rotatable bonds is 4. The molecular formula is C15H17F2NO4. The van der Waals surface area contributed by atoms with Crippen LogP contribution in [0.2, 0.25) is 0 Å². The lowest BCUT2D eigenvalue weighted by atomic mass is 10.0. The second kappa shape index (κ2) is 6.58. The molecule has 120 valence electrons. The average molecular weight is 313 g/mol. The number of amides is 1. The third-order valence-electron chi connectivity index (χ3n) is 3.79. The maximum atomic E-state index is 13.4. The number of hydrogen-bond acceptors (Lipinski definition) is 4. The largest absolute Gasteiger partial charge is 0.441 e. The Kier molecular flexibility index (Phi) is 4.54. The molecule has 0 bridgehead atoms. The minimum Gasteiger partial charge on any atom is -0.441 e. The molecule has 3 rings (SSSR count). The molecule has 22 heavy (non-hydrogen) atoms. The van der Waals surface area contributed by atoms with Gasteiger partial charge in [-0.05, 0) is 37.0 Å². The Hall–Kier alpha value is -1.73. The Bertz CT molecular complexity index is 548. The molecule has 0 saturated carbocycles. The summed E-state index contributed by atoms with van der Waals surface area (Å²) in [5.74, 6) is -1.90. The first-order valence-electron chi connectivity index (χ1n) is 7.29. The fraction of sp³-hybridized carbons (Fsp3) is 0.533. The predicted octanol–water partition coefficient (Wildman–Crippen LogP) is 2.66. The number of nitrogens with one attached hydrogen (secondary N) is 1. The Morgan fingerprint density at radius 2 is 2.14 bits per heavy atom. The molecule has 7 heteroatoms. The van der Waals surface area contributed by atoms with Crippen LogP contribution in [-0.2, 0) is 14.2 Å². The molecule has 1 N–H and O–H groups in total. The zero-order chi connectivity index (χ0) is 15.5. The molecular weight excluding hydrogens is 296 g/mol. The zero-order valence-corrected chi connectivity index (χ0v) is 11.9. The van der Waals surface area contributed by atoms with Gasteiger partial charge in [-0.1, -0.05) is 6.07 Å². The van der Waals surface area contributed by atoms with E-state index in [1.165, 1.54) is 6.07 Å². The standard InChI is InChI=1S/C15H17F2NO4/c16-10-5-4-9(7-11(10)17)14-12(22-15(19)18-14)8-21-13-3-1-2-6-20-13/h4-5,7,12-14H,1-3,6,8H2,(H,18,19). The lowest BCUT2D eigenvalue weighted by Gasteiger charge is -2.25. The number of cyclic esters (lactones) is 1. The summed E-state index contributed by atoms with van der Waals surface area (Å²) in [5.41, 5.74) is 0.433. The molecule has 0 radical (unpaired) electrons. The zero-order valence-electron chi connectivity index (χ0n) is 11.9. The van der Waals surface area contributed by atoms with Crippen LogP contribution in [0.4, 0.5) is 13.6 Å². The Morgan fingerprint density at radius 1 is 1.27 bits per heavy atom. The van der Waals surface area contributed by atoms with E-state index in [4.69, 9.17) is 14.2 Å². The van der Waals surface area contributed by atoms with Gasteiger partial charge in [0.15, 0.2) is 24.0 Å². The van der Waals surface area contributed by atoms with E-state index in [0.717, 1.165) is 31.4 Å². The number of benzene rings is 1. The van der Waals surface area contributed by atoms with Crippen LogP contribution in [0, 0.1) is 11.6 Å². The molecule has 1 aromatic rings. The van der Waals surface area contributed by atoms with E-state index in [1.54, 1.807) is 0 Å². The van der Waals surface area contributed by atoms with Gasteiger partial charge in [-0.2, -0.15) is 0 Å². The molecule has 5 nitrogen and oxygen atoms in total. The van der Waals surface area contributed by atoms with Gasteiger partial charge in [0, 0.05) is 6.61 Å². The second-order valence-corrected chi connectivity index (χ2v) is 5.37. The van der Waals surface area contributed by atoms with E-state index in [1.807, 2.05) is 0 Å². The number of alkyl carbamates (subject to hydrolysis) is 1. The molecule has 3 atom stereocenters. The fourth-order valence-electron chi connectivity index (χ4n) is 2.64. The summed E-state index contributed by atoms with van der Waals surface area (Å²) in [6.45, 7) is 0.785. The molecule has 0 spiro atoms. The first-order chi connectivity index (χ1) is 10.6. The lowest BCUT2D eigenvalue weighted by Crippen LogP contribution is -2.30. The van der Waals surface area contributed by atoms with Gasteiger partial charge < -0.3 is 19.5 Å². The molecule has 2 heterocycles. The van der Waals surface area contributed by atoms with Crippen molar-refractivity contribution in [3.05, 3.63) is 35.4 Å². The minimum absolute atomic E-state index is 0.132. The van der Waals surface area contributed by atoms with Gasteiger partial charge in [0.05, 0.1) is 12.6 Å². The van der Waals surface area contributed by atoms with Crippen LogP contribution in [0.15, 0.2) is 18.2 Å². The van der Waals surface area contributed by atoms with Gasteiger partial charge >= 0.3 is 6.09 Å². The van der Waals surface area contributed by atoms with E-state index in [2.05, 4.69) is 5.32 Å². The number of carbonyl (C=O) groups is 1. The van der Waals surface area contributed by atoms with Crippen LogP contribution in [0.3, 0.4) is 0 Å². The van der Waals surface area contributed by atoms with Crippen molar-refractivity contribution in [3.8, 4) is 0 Å². The Balaban J connectivity index is 1.66. The van der Waals surface area contributed by atoms with E-state index >= 15 is 0 Å². The third-order valence-corrected chi connectivity index (χ3v) is 3.79. The van der Waals surface area contributed by atoms with E-state index in [-0.39, 0.29) is 12.9 Å². The number of carbonyl (C=O) groups excluding carboxylic acids is 1. The highest BCUT2D eigenvalue weighted by atomic mass is 19.2. The molecule has 2 aliphatic heterocycles. The lowest BCUT2D eigenvalue weighted by molar-refractivity contribution is -0.174. The fourth-order valence-corrected chi connectivity index (χ4v) is 2.64. The van der Waals surface area contributed by atoms with Crippen molar-refractivity contribution < 1.29 is 27.8 Å². The van der Waals surface area contributed by atoms with Crippen LogP contribution >= 0.6 is 0 Å². The first kappa shape index (κ1) is 15.2. The number of ether oxygens (including phenoxy) is 3. The summed E-state index contributed by atoms with van der Waals surface area (Å²) in [6.07, 6.45) is 1.32. The maximum Gasteiger partial charge on any atom is 0.408 e. The van der Waals surface area contributed by atoms with Crippen LogP contribution in [0.5, 0.6) is 0 Å². The molecule has 0 aliphatic carbocycles. The molecule has 1 aromatic carbocycles. The van der Waals surface area contributed by atoms with Crippen molar-refractivity contribution in [2.24, 2.45) is 0 Å². The number of hydrogen-bond donors (Lipinski definition) is 1. The molecule has 2 fully saturated rings. The SMILES string of the molecule is O=C1NC(c2ccc(F)c(F)c2)C(COC2CCCCO2)O1. The van der Waals surface area contributed by atoms with Crippen LogP contribution in [-0.4, -0.2) is 31.7 Å². The highest BCUT2D eigenvalue weighted by molar-refractivity contribution is 5.70. The van der Waals surface area contributed by atoms with Gasteiger partial charge in [-0.25, -0.2) is 13.6 Å². The minimum atomic E-state index is -0.964. The quantitative estimate of drug-likeness (QED) is 0.928. The molecule has 2 aliphatic rings. The van der Waals surface area contributed by atoms with Crippen molar-refractivity contribution in [2.45, 2.75) is 37.7 Å². The normalized spacial score (nSPS) is 28.3. The van der Waals surface area contributed by atoms with Crippen molar-refractivity contribution in [1.29, 1.82) is 0 Å². The summed E-state index contributed by atoms with van der Waals surface area (Å²) in [6, 6.07) is 2.92. The monoisotopic (exact) mass is 313 g/mol. The van der Waals surface area contributed by atoms with Crippen molar-refractivity contribution in [1.82, 2.24) is 5.32 Å². The smallest absolute Gasteiger partial charge is 0.408 e. The highest BCUT2D eigenvalue weighted by Gasteiger charge is 2.36. The van der Waals surface area contributed by atoms with E-state index < -0.39 is 29.9 Å². The van der Waals surface area contributed by atoms with Crippen LogP contribution < -0.4 is 5.32 Å². The molecule has 1 amide bonds. The van der Waals surface area contributed by atoms with Crippen molar-refractivity contribution in [2.75, 3.05) is 13.2 Å². The topological polar surface area (TPSA) is 56.8 Å². The summed E-state index contributed by atoms with van der Waals surface area (Å²) in [4.78, 5) is 11.5. The summed E-state index contributed by atoms with van der Waals surface area (Å²) in [7, 11) is 0. The second-order valence-electron chi connectivity index (χ2n) is 5.37. The van der Waals surface area contributed by atoms with Crippen molar-refractivity contribution in [3.63, 3.8) is 0 Å². The van der Waals surface area contributed by atoms with Gasteiger partial charge in [-0.15, -0.1) is 0 Å². The third kappa shape index (κ3) is 3.36. The Labute approximate surface area is 126 Å². The predicted molar refractivity (Wildman–Crippen MR) is 72.0 cm³/mol.